The van der Waals surface area contributed by atoms with Gasteiger partial charge in [0.1, 0.15) is 0 Å². The van der Waals surface area contributed by atoms with E-state index in [4.69, 9.17) is 0 Å². The monoisotopic (exact) mass is 128 g/mol. The molecule has 2 nitrogen and oxygen atoms in total. The average Bonchev–Trinajstić information content (AvgIpc) is 1.83. The van der Waals surface area contributed by atoms with Crippen molar-refractivity contribution in [2.75, 3.05) is 0 Å². The van der Waals surface area contributed by atoms with Crippen molar-refractivity contribution < 1.29 is 14.0 Å². The largest absolute Gasteiger partial charge is 0.325 e. The third-order valence-corrected chi connectivity index (χ3v) is 0.580. The van der Waals surface area contributed by atoms with E-state index in [2.05, 4.69) is 6.58 Å². The van der Waals surface area contributed by atoms with Crippen LogP contribution < -0.4 is 0 Å². The molecule has 48 valence electrons. The smallest absolute Gasteiger partial charge is 0.290 e. The topological polar surface area (TPSA) is 34.1 Å². The van der Waals surface area contributed by atoms with Gasteiger partial charge in [-0.3, -0.25) is 9.59 Å². The molecule has 0 atom stereocenters. The van der Waals surface area contributed by atoms with Gasteiger partial charge >= 0.3 is 6.04 Å². The lowest BCUT2D eigenvalue weighted by Crippen LogP contribution is -1.85. The SMILES string of the molecule is C=CC(=O)C=CC(=O)F. The minimum Gasteiger partial charge on any atom is -0.290 e. The number of hydrogen-bond acceptors (Lipinski definition) is 2. The molecular formula is C6H5FO2. The first-order chi connectivity index (χ1) is 4.16. The average molecular weight is 128 g/mol. The van der Waals surface area contributed by atoms with Gasteiger partial charge in [-0.25, -0.2) is 0 Å². The summed E-state index contributed by atoms with van der Waals surface area (Å²) >= 11 is 0. The molecule has 3 heteroatoms. The van der Waals surface area contributed by atoms with E-state index in [9.17, 15) is 14.0 Å². The van der Waals surface area contributed by atoms with Crippen molar-refractivity contribution >= 4 is 11.8 Å². The number of allylic oxidation sites excluding steroid dienone is 3. The fourth-order valence-electron chi connectivity index (χ4n) is 0.216. The Kier molecular flexibility index (Phi) is 3.20. The molecule has 0 unspecified atom stereocenters. The molecule has 0 aliphatic carbocycles. The van der Waals surface area contributed by atoms with Crippen LogP contribution in [0.3, 0.4) is 0 Å². The van der Waals surface area contributed by atoms with E-state index >= 15 is 0 Å². The standard InChI is InChI=1S/C6H5FO2/c1-2-5(8)3-4-6(7)9/h2-4H,1H2. The van der Waals surface area contributed by atoms with Crippen LogP contribution in [-0.4, -0.2) is 11.8 Å². The Bertz CT molecular complexity index is 170. The van der Waals surface area contributed by atoms with Gasteiger partial charge in [0.05, 0.1) is 0 Å². The quantitative estimate of drug-likeness (QED) is 0.416. The third kappa shape index (κ3) is 4.61. The van der Waals surface area contributed by atoms with Crippen LogP contribution in [0.2, 0.25) is 0 Å². The third-order valence-electron chi connectivity index (χ3n) is 0.580. The van der Waals surface area contributed by atoms with E-state index in [-0.39, 0.29) is 0 Å². The number of hydrogen-bond donors (Lipinski definition) is 0. The fraction of sp³-hybridized carbons (Fsp3) is 0. The molecule has 0 aromatic heterocycles. The van der Waals surface area contributed by atoms with Crippen molar-refractivity contribution in [3.63, 3.8) is 0 Å². The zero-order chi connectivity index (χ0) is 7.28. The van der Waals surface area contributed by atoms with Crippen LogP contribution in [0.25, 0.3) is 0 Å². The first-order valence-electron chi connectivity index (χ1n) is 2.20. The summed E-state index contributed by atoms with van der Waals surface area (Å²) in [6, 6.07) is -1.63. The Morgan fingerprint density at radius 3 is 2.22 bits per heavy atom. The van der Waals surface area contributed by atoms with Gasteiger partial charge in [0.15, 0.2) is 5.78 Å². The summed E-state index contributed by atoms with van der Waals surface area (Å²) in [5, 5.41) is 0. The first kappa shape index (κ1) is 7.75. The zero-order valence-electron chi connectivity index (χ0n) is 4.63. The van der Waals surface area contributed by atoms with Gasteiger partial charge in [-0.05, 0) is 12.2 Å². The number of carbonyl (C=O) groups excluding carboxylic acids is 2. The lowest BCUT2D eigenvalue weighted by Gasteiger charge is -1.74. The molecule has 0 amide bonds. The van der Waals surface area contributed by atoms with E-state index in [0.717, 1.165) is 12.2 Å². The molecule has 0 fully saturated rings. The van der Waals surface area contributed by atoms with E-state index < -0.39 is 11.8 Å². The Hall–Kier alpha value is -1.25. The molecule has 9 heavy (non-hydrogen) atoms. The highest BCUT2D eigenvalue weighted by molar-refractivity contribution is 6.02. The van der Waals surface area contributed by atoms with Crippen molar-refractivity contribution in [3.05, 3.63) is 24.8 Å². The van der Waals surface area contributed by atoms with Gasteiger partial charge in [0, 0.05) is 6.08 Å². The van der Waals surface area contributed by atoms with Crippen LogP contribution in [-0.2, 0) is 9.59 Å². The van der Waals surface area contributed by atoms with Gasteiger partial charge in [0.2, 0.25) is 0 Å². The molecule has 0 aromatic rings. The molecule has 0 radical (unpaired) electrons. The minimum atomic E-state index is -1.63. The van der Waals surface area contributed by atoms with Gasteiger partial charge in [-0.1, -0.05) is 6.58 Å². The first-order valence-corrected chi connectivity index (χ1v) is 2.20. The molecule has 0 bridgehead atoms. The number of rotatable bonds is 3. The molecule has 0 rings (SSSR count). The molecule has 0 N–H and O–H groups in total. The maximum atomic E-state index is 11.3. The van der Waals surface area contributed by atoms with Crippen LogP contribution in [0.1, 0.15) is 0 Å². The summed E-state index contributed by atoms with van der Waals surface area (Å²) in [6.45, 7) is 3.10. The second kappa shape index (κ2) is 3.72. The van der Waals surface area contributed by atoms with Crippen molar-refractivity contribution in [2.45, 2.75) is 0 Å². The highest BCUT2D eigenvalue weighted by Crippen LogP contribution is 1.80. The molecule has 0 saturated carbocycles. The van der Waals surface area contributed by atoms with Gasteiger partial charge < -0.3 is 0 Å². The summed E-state index contributed by atoms with van der Waals surface area (Å²) in [4.78, 5) is 19.7. The summed E-state index contributed by atoms with van der Waals surface area (Å²) in [6.07, 6.45) is 2.35. The summed E-state index contributed by atoms with van der Waals surface area (Å²) < 4.78 is 11.3. The Morgan fingerprint density at radius 2 is 1.89 bits per heavy atom. The van der Waals surface area contributed by atoms with Gasteiger partial charge in [0.25, 0.3) is 0 Å². The van der Waals surface area contributed by atoms with E-state index in [0.29, 0.717) is 6.08 Å². The second-order valence-electron chi connectivity index (χ2n) is 1.24. The predicted octanol–water partition coefficient (Wildman–Crippen LogP) is 0.794. The van der Waals surface area contributed by atoms with Crippen molar-refractivity contribution in [1.29, 1.82) is 0 Å². The van der Waals surface area contributed by atoms with Crippen LogP contribution >= 0.6 is 0 Å². The molecular weight excluding hydrogens is 123 g/mol. The Balaban J connectivity index is 3.85. The van der Waals surface area contributed by atoms with Crippen molar-refractivity contribution in [3.8, 4) is 0 Å². The normalized spacial score (nSPS) is 9.44. The van der Waals surface area contributed by atoms with Gasteiger partial charge in [-0.2, -0.15) is 4.39 Å². The molecule has 0 spiro atoms. The van der Waals surface area contributed by atoms with Crippen LogP contribution in [0.15, 0.2) is 24.8 Å². The van der Waals surface area contributed by atoms with E-state index in [1.165, 1.54) is 0 Å². The fourth-order valence-corrected chi connectivity index (χ4v) is 0.216. The lowest BCUT2D eigenvalue weighted by molar-refractivity contribution is -0.124. The summed E-state index contributed by atoms with van der Waals surface area (Å²) in [7, 11) is 0. The maximum absolute atomic E-state index is 11.3. The summed E-state index contributed by atoms with van der Waals surface area (Å²) in [5.41, 5.74) is 0. The van der Waals surface area contributed by atoms with Gasteiger partial charge in [-0.15, -0.1) is 0 Å². The minimum absolute atomic E-state index is 0.485. The molecule has 0 aliphatic heterocycles. The molecule has 0 saturated heterocycles. The van der Waals surface area contributed by atoms with Crippen LogP contribution in [0.5, 0.6) is 0 Å². The van der Waals surface area contributed by atoms with Crippen molar-refractivity contribution in [2.24, 2.45) is 0 Å². The number of halogens is 1. The van der Waals surface area contributed by atoms with Crippen LogP contribution in [0.4, 0.5) is 4.39 Å². The number of carbonyl (C=O) groups is 2. The predicted molar refractivity (Wildman–Crippen MR) is 30.5 cm³/mol. The molecule has 0 aromatic carbocycles. The molecule has 0 aliphatic rings. The highest BCUT2D eigenvalue weighted by atomic mass is 19.1. The number of ketones is 1. The highest BCUT2D eigenvalue weighted by Gasteiger charge is 1.89. The van der Waals surface area contributed by atoms with E-state index in [1.807, 2.05) is 0 Å². The maximum Gasteiger partial charge on any atom is 0.325 e. The Morgan fingerprint density at radius 1 is 1.33 bits per heavy atom. The Labute approximate surface area is 51.7 Å². The lowest BCUT2D eigenvalue weighted by atomic mass is 10.3. The molecule has 0 heterocycles. The zero-order valence-corrected chi connectivity index (χ0v) is 4.63. The van der Waals surface area contributed by atoms with Crippen molar-refractivity contribution in [1.82, 2.24) is 0 Å². The van der Waals surface area contributed by atoms with Crippen LogP contribution in [0, 0.1) is 0 Å². The van der Waals surface area contributed by atoms with E-state index in [1.54, 1.807) is 0 Å². The second-order valence-corrected chi connectivity index (χ2v) is 1.24. The summed E-state index contributed by atoms with van der Waals surface area (Å²) in [5.74, 6) is -0.485.